The van der Waals surface area contributed by atoms with Gasteiger partial charge in [-0.05, 0) is 41.3 Å². The molecule has 4 rings (SSSR count). The minimum atomic E-state index is 0.174. The van der Waals surface area contributed by atoms with Gasteiger partial charge in [-0.25, -0.2) is 0 Å². The Balaban J connectivity index is 1.53. The van der Waals surface area contributed by atoms with Gasteiger partial charge in [-0.15, -0.1) is 0 Å². The zero-order valence-electron chi connectivity index (χ0n) is 13.7. The van der Waals surface area contributed by atoms with Crippen molar-refractivity contribution in [3.05, 3.63) is 65.4 Å². The molecule has 0 fully saturated rings. The van der Waals surface area contributed by atoms with E-state index in [4.69, 9.17) is 4.74 Å². The molecule has 0 spiro atoms. The minimum absolute atomic E-state index is 0.174. The van der Waals surface area contributed by atoms with Gasteiger partial charge in [-0.1, -0.05) is 24.3 Å². The van der Waals surface area contributed by atoms with Gasteiger partial charge in [0.05, 0.1) is 13.5 Å². The number of carbonyl (C=O) groups is 1. The van der Waals surface area contributed by atoms with E-state index >= 15 is 0 Å². The van der Waals surface area contributed by atoms with Crippen molar-refractivity contribution in [2.75, 3.05) is 13.7 Å². The Morgan fingerprint density at radius 1 is 1.21 bits per heavy atom. The lowest BCUT2D eigenvalue weighted by Gasteiger charge is -2.29. The van der Waals surface area contributed by atoms with E-state index < -0.39 is 0 Å². The summed E-state index contributed by atoms with van der Waals surface area (Å²) < 4.78 is 5.30. The van der Waals surface area contributed by atoms with Gasteiger partial charge in [0.1, 0.15) is 5.75 Å². The number of ether oxygens (including phenoxy) is 1. The molecular weight excluding hydrogens is 300 g/mol. The van der Waals surface area contributed by atoms with Crippen molar-refractivity contribution in [3.63, 3.8) is 0 Å². The molecule has 1 aliphatic rings. The highest BCUT2D eigenvalue weighted by atomic mass is 16.5. The van der Waals surface area contributed by atoms with E-state index in [-0.39, 0.29) is 5.91 Å². The van der Waals surface area contributed by atoms with Crippen LogP contribution in [0.15, 0.2) is 48.7 Å². The Bertz CT molecular complexity index is 898. The molecule has 0 atom stereocenters. The summed E-state index contributed by atoms with van der Waals surface area (Å²) in [5.74, 6) is 1.02. The molecule has 3 aromatic rings. The van der Waals surface area contributed by atoms with Crippen LogP contribution < -0.4 is 4.74 Å². The van der Waals surface area contributed by atoms with Crippen molar-refractivity contribution in [3.8, 4) is 5.75 Å². The fourth-order valence-corrected chi connectivity index (χ4v) is 3.43. The highest BCUT2D eigenvalue weighted by Gasteiger charge is 2.22. The largest absolute Gasteiger partial charge is 0.497 e. The summed E-state index contributed by atoms with van der Waals surface area (Å²) in [6.45, 7) is 1.44. The number of fused-ring (bicyclic) bond motifs is 2. The molecule has 24 heavy (non-hydrogen) atoms. The molecule has 0 aliphatic carbocycles. The topological polar surface area (TPSA) is 45.3 Å². The van der Waals surface area contributed by atoms with E-state index in [9.17, 15) is 4.79 Å². The molecular formula is C20H20N2O2. The molecule has 2 aromatic carbocycles. The predicted molar refractivity (Wildman–Crippen MR) is 94.1 cm³/mol. The van der Waals surface area contributed by atoms with Crippen LogP contribution in [0.2, 0.25) is 0 Å². The molecule has 122 valence electrons. The Kier molecular flexibility index (Phi) is 3.73. The van der Waals surface area contributed by atoms with E-state index in [1.54, 1.807) is 7.11 Å². The SMILES string of the molecule is COc1ccc2c(c1)CN(C(=O)Cc1c[nH]c3ccccc13)CC2. The van der Waals surface area contributed by atoms with Crippen LogP contribution in [0, 0.1) is 0 Å². The summed E-state index contributed by atoms with van der Waals surface area (Å²) in [6.07, 6.45) is 3.28. The van der Waals surface area contributed by atoms with Crippen molar-refractivity contribution < 1.29 is 9.53 Å². The monoisotopic (exact) mass is 320 g/mol. The molecule has 0 bridgehead atoms. The molecule has 0 unspecified atom stereocenters. The number of hydrogen-bond donors (Lipinski definition) is 1. The van der Waals surface area contributed by atoms with Crippen LogP contribution in [-0.2, 0) is 24.2 Å². The van der Waals surface area contributed by atoms with Crippen LogP contribution >= 0.6 is 0 Å². The second-order valence-electron chi connectivity index (χ2n) is 6.24. The van der Waals surface area contributed by atoms with E-state index in [0.29, 0.717) is 13.0 Å². The normalized spacial score (nSPS) is 13.8. The number of rotatable bonds is 3. The van der Waals surface area contributed by atoms with Crippen molar-refractivity contribution in [2.45, 2.75) is 19.4 Å². The standard InChI is InChI=1S/C20H20N2O2/c1-24-17-7-6-14-8-9-22(13-16(14)10-17)20(23)11-15-12-21-19-5-3-2-4-18(15)19/h2-7,10,12,21H,8-9,11,13H2,1H3. The van der Waals surface area contributed by atoms with E-state index in [1.165, 1.54) is 11.1 Å². The number of nitrogens with zero attached hydrogens (tertiary/aromatic N) is 1. The lowest BCUT2D eigenvalue weighted by atomic mass is 9.99. The number of H-pyrrole nitrogens is 1. The fourth-order valence-electron chi connectivity index (χ4n) is 3.43. The van der Waals surface area contributed by atoms with Crippen LogP contribution in [0.25, 0.3) is 10.9 Å². The van der Waals surface area contributed by atoms with Gasteiger partial charge in [0, 0.05) is 30.2 Å². The number of carbonyl (C=O) groups excluding carboxylic acids is 1. The first-order chi connectivity index (χ1) is 11.7. The average Bonchev–Trinajstić information content (AvgIpc) is 3.03. The quantitative estimate of drug-likeness (QED) is 0.805. The van der Waals surface area contributed by atoms with Crippen LogP contribution in [0.5, 0.6) is 5.75 Å². The maximum atomic E-state index is 12.8. The lowest BCUT2D eigenvalue weighted by molar-refractivity contribution is -0.131. The molecule has 0 radical (unpaired) electrons. The van der Waals surface area contributed by atoms with Gasteiger partial charge in [-0.2, -0.15) is 0 Å². The molecule has 2 heterocycles. The third kappa shape index (κ3) is 2.64. The molecule has 4 nitrogen and oxygen atoms in total. The summed E-state index contributed by atoms with van der Waals surface area (Å²) >= 11 is 0. The average molecular weight is 320 g/mol. The van der Waals surface area contributed by atoms with E-state index in [2.05, 4.69) is 17.1 Å². The third-order valence-electron chi connectivity index (χ3n) is 4.79. The maximum absolute atomic E-state index is 12.8. The van der Waals surface area contributed by atoms with Crippen molar-refractivity contribution in [2.24, 2.45) is 0 Å². The fraction of sp³-hybridized carbons (Fsp3) is 0.250. The third-order valence-corrected chi connectivity index (χ3v) is 4.79. The molecule has 0 saturated heterocycles. The number of aromatic nitrogens is 1. The first-order valence-corrected chi connectivity index (χ1v) is 8.23. The van der Waals surface area contributed by atoms with Crippen LogP contribution in [-0.4, -0.2) is 29.4 Å². The second kappa shape index (κ2) is 6.04. The first kappa shape index (κ1) is 14.8. The number of para-hydroxylation sites is 1. The summed E-state index contributed by atoms with van der Waals surface area (Å²) in [4.78, 5) is 17.9. The molecule has 1 aliphatic heterocycles. The predicted octanol–water partition coefficient (Wildman–Crippen LogP) is 3.30. The van der Waals surface area contributed by atoms with Gasteiger partial charge in [0.2, 0.25) is 5.91 Å². The van der Waals surface area contributed by atoms with Gasteiger partial charge < -0.3 is 14.6 Å². The summed E-state index contributed by atoms with van der Waals surface area (Å²) in [5, 5.41) is 1.13. The molecule has 1 aromatic heterocycles. The molecule has 4 heteroatoms. The number of benzene rings is 2. The Hall–Kier alpha value is -2.75. The van der Waals surface area contributed by atoms with Crippen molar-refractivity contribution in [1.29, 1.82) is 0 Å². The first-order valence-electron chi connectivity index (χ1n) is 8.23. The van der Waals surface area contributed by atoms with Crippen LogP contribution in [0.4, 0.5) is 0 Å². The van der Waals surface area contributed by atoms with E-state index in [1.807, 2.05) is 41.4 Å². The Labute approximate surface area is 141 Å². The number of hydrogen-bond acceptors (Lipinski definition) is 2. The van der Waals surface area contributed by atoms with Gasteiger partial charge in [-0.3, -0.25) is 4.79 Å². The minimum Gasteiger partial charge on any atom is -0.497 e. The number of aromatic amines is 1. The maximum Gasteiger partial charge on any atom is 0.227 e. The van der Waals surface area contributed by atoms with Crippen LogP contribution in [0.3, 0.4) is 0 Å². The van der Waals surface area contributed by atoms with Crippen molar-refractivity contribution in [1.82, 2.24) is 9.88 Å². The van der Waals surface area contributed by atoms with E-state index in [0.717, 1.165) is 35.2 Å². The van der Waals surface area contributed by atoms with Crippen LogP contribution in [0.1, 0.15) is 16.7 Å². The Morgan fingerprint density at radius 3 is 2.96 bits per heavy atom. The highest BCUT2D eigenvalue weighted by Crippen LogP contribution is 2.25. The molecule has 1 amide bonds. The van der Waals surface area contributed by atoms with Gasteiger partial charge in [0.25, 0.3) is 0 Å². The van der Waals surface area contributed by atoms with Gasteiger partial charge >= 0.3 is 0 Å². The summed E-state index contributed by atoms with van der Waals surface area (Å²) in [5.41, 5.74) is 4.64. The zero-order chi connectivity index (χ0) is 16.5. The zero-order valence-corrected chi connectivity index (χ0v) is 13.7. The Morgan fingerprint density at radius 2 is 2.08 bits per heavy atom. The molecule has 0 saturated carbocycles. The summed E-state index contributed by atoms with van der Waals surface area (Å²) in [7, 11) is 1.67. The number of methoxy groups -OCH3 is 1. The smallest absolute Gasteiger partial charge is 0.227 e. The van der Waals surface area contributed by atoms with Gasteiger partial charge in [0.15, 0.2) is 0 Å². The highest BCUT2D eigenvalue weighted by molar-refractivity contribution is 5.89. The molecule has 1 N–H and O–H groups in total. The second-order valence-corrected chi connectivity index (χ2v) is 6.24. The lowest BCUT2D eigenvalue weighted by Crippen LogP contribution is -2.36. The number of amides is 1. The van der Waals surface area contributed by atoms with Crippen molar-refractivity contribution >= 4 is 16.8 Å². The number of nitrogens with one attached hydrogen (secondary N) is 1. The summed E-state index contributed by atoms with van der Waals surface area (Å²) in [6, 6.07) is 14.2.